The molecule has 0 spiro atoms. The van der Waals surface area contributed by atoms with Gasteiger partial charge in [0.1, 0.15) is 0 Å². The predicted octanol–water partition coefficient (Wildman–Crippen LogP) is 2.99. The number of hydrogen-bond acceptors (Lipinski definition) is 5. The Morgan fingerprint density at radius 2 is 2.10 bits per heavy atom. The molecule has 2 aromatic rings. The van der Waals surface area contributed by atoms with Gasteiger partial charge in [0, 0.05) is 37.2 Å². The Balaban J connectivity index is 1.43. The van der Waals surface area contributed by atoms with E-state index >= 15 is 0 Å². The predicted molar refractivity (Wildman–Crippen MR) is 112 cm³/mol. The number of methoxy groups -OCH3 is 1. The molecule has 2 fully saturated rings. The van der Waals surface area contributed by atoms with Crippen LogP contribution in [0.5, 0.6) is 11.5 Å². The lowest BCUT2D eigenvalue weighted by atomic mass is 9.83. The summed E-state index contributed by atoms with van der Waals surface area (Å²) in [6, 6.07) is 5.97. The van der Waals surface area contributed by atoms with Gasteiger partial charge in [0.15, 0.2) is 11.5 Å². The van der Waals surface area contributed by atoms with Gasteiger partial charge in [-0.1, -0.05) is 6.07 Å². The molecule has 2 aliphatic rings. The first kappa shape index (κ1) is 20.3. The molecular formula is C22H28N4O4. The third-order valence-electron chi connectivity index (χ3n) is 5.91. The molecule has 4 rings (SSSR count). The molecule has 8 heteroatoms. The molecule has 2 amide bonds. The van der Waals surface area contributed by atoms with Crippen LogP contribution in [-0.4, -0.2) is 41.5 Å². The number of imidazole rings is 1. The molecular weight excluding hydrogens is 384 g/mol. The summed E-state index contributed by atoms with van der Waals surface area (Å²) >= 11 is 0. The first-order valence-corrected chi connectivity index (χ1v) is 10.5. The quantitative estimate of drug-likeness (QED) is 0.648. The largest absolute Gasteiger partial charge is 0.493 e. The minimum absolute atomic E-state index is 0.0863. The highest BCUT2D eigenvalue weighted by atomic mass is 16.5. The number of piperidine rings is 1. The third kappa shape index (κ3) is 4.75. The molecule has 0 radical (unpaired) electrons. The highest BCUT2D eigenvalue weighted by molar-refractivity contribution is 5.93. The van der Waals surface area contributed by atoms with Crippen molar-refractivity contribution in [3.63, 3.8) is 0 Å². The van der Waals surface area contributed by atoms with Crippen LogP contribution >= 0.6 is 0 Å². The van der Waals surface area contributed by atoms with E-state index in [0.29, 0.717) is 18.9 Å². The third-order valence-corrected chi connectivity index (χ3v) is 5.91. The normalized spacial score (nSPS) is 21.8. The second kappa shape index (κ2) is 9.19. The van der Waals surface area contributed by atoms with E-state index in [1.165, 1.54) is 12.8 Å². The van der Waals surface area contributed by atoms with Crippen molar-refractivity contribution in [2.45, 2.75) is 50.5 Å². The van der Waals surface area contributed by atoms with Gasteiger partial charge < -0.3 is 19.8 Å². The van der Waals surface area contributed by atoms with Crippen LogP contribution in [0.3, 0.4) is 0 Å². The van der Waals surface area contributed by atoms with Gasteiger partial charge >= 0.3 is 0 Å². The molecule has 1 aromatic heterocycles. The number of aromatic amines is 1. The number of ether oxygens (including phenoxy) is 2. The Hall–Kier alpha value is -3.03. The van der Waals surface area contributed by atoms with E-state index in [-0.39, 0.29) is 36.2 Å². The fraction of sp³-hybridized carbons (Fsp3) is 0.500. The zero-order chi connectivity index (χ0) is 20.9. The molecule has 0 bridgehead atoms. The second-order valence-corrected chi connectivity index (χ2v) is 8.00. The van der Waals surface area contributed by atoms with Crippen molar-refractivity contribution in [2.75, 3.05) is 19.0 Å². The van der Waals surface area contributed by atoms with Crippen LogP contribution < -0.4 is 20.1 Å². The zero-order valence-corrected chi connectivity index (χ0v) is 17.1. The van der Waals surface area contributed by atoms with Crippen molar-refractivity contribution in [3.05, 3.63) is 36.2 Å². The summed E-state index contributed by atoms with van der Waals surface area (Å²) in [5.41, 5.74) is 1.08. The first-order valence-electron chi connectivity index (χ1n) is 10.5. The summed E-state index contributed by atoms with van der Waals surface area (Å²) in [6.07, 6.45) is 8.68. The first-order chi connectivity index (χ1) is 14.6. The van der Waals surface area contributed by atoms with Gasteiger partial charge in [-0.15, -0.1) is 0 Å². The monoisotopic (exact) mass is 412 g/mol. The summed E-state index contributed by atoms with van der Waals surface area (Å²) < 4.78 is 11.7. The lowest BCUT2D eigenvalue weighted by Gasteiger charge is -2.29. The van der Waals surface area contributed by atoms with E-state index < -0.39 is 0 Å². The Bertz CT molecular complexity index is 877. The second-order valence-electron chi connectivity index (χ2n) is 8.00. The smallest absolute Gasteiger partial charge is 0.227 e. The number of nitrogens with zero attached hydrogens (tertiary/aromatic N) is 1. The topological polar surface area (TPSA) is 105 Å². The molecule has 3 N–H and O–H groups in total. The number of H-pyrrole nitrogens is 1. The molecule has 160 valence electrons. The summed E-state index contributed by atoms with van der Waals surface area (Å²) in [4.78, 5) is 31.5. The Labute approximate surface area is 175 Å². The van der Waals surface area contributed by atoms with Crippen LogP contribution in [0, 0.1) is 5.92 Å². The molecule has 0 unspecified atom stereocenters. The van der Waals surface area contributed by atoms with Crippen molar-refractivity contribution in [3.8, 4) is 11.5 Å². The molecule has 1 aromatic carbocycles. The maximum atomic E-state index is 12.3. The van der Waals surface area contributed by atoms with Gasteiger partial charge in [0.05, 0.1) is 13.2 Å². The minimum atomic E-state index is -0.389. The van der Waals surface area contributed by atoms with Crippen molar-refractivity contribution < 1.29 is 19.1 Å². The average Bonchev–Trinajstić information content (AvgIpc) is 3.44. The Kier molecular flexibility index (Phi) is 6.21. The molecule has 30 heavy (non-hydrogen) atoms. The van der Waals surface area contributed by atoms with E-state index in [1.54, 1.807) is 19.5 Å². The molecule has 1 aliphatic heterocycles. The van der Waals surface area contributed by atoms with Gasteiger partial charge in [0.2, 0.25) is 17.8 Å². The maximum absolute atomic E-state index is 12.3. The fourth-order valence-corrected chi connectivity index (χ4v) is 4.30. The van der Waals surface area contributed by atoms with Gasteiger partial charge in [-0.05, 0) is 49.8 Å². The van der Waals surface area contributed by atoms with Crippen molar-refractivity contribution in [2.24, 2.45) is 5.92 Å². The summed E-state index contributed by atoms with van der Waals surface area (Å²) in [6.45, 7) is 0.546. The van der Waals surface area contributed by atoms with Gasteiger partial charge in [-0.25, -0.2) is 4.98 Å². The number of carbonyl (C=O) groups excluding carboxylic acids is 2. The Morgan fingerprint density at radius 3 is 2.83 bits per heavy atom. The van der Waals surface area contributed by atoms with Crippen LogP contribution in [0.2, 0.25) is 0 Å². The molecule has 1 saturated heterocycles. The molecule has 8 nitrogen and oxygen atoms in total. The van der Waals surface area contributed by atoms with Crippen molar-refractivity contribution >= 4 is 17.8 Å². The van der Waals surface area contributed by atoms with Crippen LogP contribution in [0.15, 0.2) is 30.6 Å². The van der Waals surface area contributed by atoms with Gasteiger partial charge in [-0.2, -0.15) is 0 Å². The van der Waals surface area contributed by atoms with Gasteiger partial charge in [-0.3, -0.25) is 14.9 Å². The summed E-state index contributed by atoms with van der Waals surface area (Å²) in [5, 5.41) is 5.64. The zero-order valence-electron chi connectivity index (χ0n) is 17.1. The lowest BCUT2D eigenvalue weighted by molar-refractivity contribution is -0.130. The fourth-order valence-electron chi connectivity index (χ4n) is 4.30. The SMILES string of the molecule is COc1ccc([C@H]2CNC(=O)[C@H](CC(=O)Nc3ncc[nH]3)C2)cc1OC1CCCC1. The Morgan fingerprint density at radius 1 is 1.27 bits per heavy atom. The van der Waals surface area contributed by atoms with Crippen molar-refractivity contribution in [1.29, 1.82) is 0 Å². The number of hydrogen-bond donors (Lipinski definition) is 3. The average molecular weight is 412 g/mol. The number of rotatable bonds is 7. The molecule has 2 atom stereocenters. The van der Waals surface area contributed by atoms with E-state index in [0.717, 1.165) is 29.9 Å². The maximum Gasteiger partial charge on any atom is 0.227 e. The molecule has 1 saturated carbocycles. The highest BCUT2D eigenvalue weighted by Crippen LogP contribution is 2.37. The number of carbonyl (C=O) groups is 2. The number of aromatic nitrogens is 2. The lowest BCUT2D eigenvalue weighted by Crippen LogP contribution is -2.42. The summed E-state index contributed by atoms with van der Waals surface area (Å²) in [7, 11) is 1.64. The van der Waals surface area contributed by atoms with E-state index in [9.17, 15) is 9.59 Å². The molecule has 2 heterocycles. The number of nitrogens with one attached hydrogen (secondary N) is 3. The molecule has 1 aliphatic carbocycles. The highest BCUT2D eigenvalue weighted by Gasteiger charge is 2.32. The van der Waals surface area contributed by atoms with Crippen LogP contribution in [0.25, 0.3) is 0 Å². The van der Waals surface area contributed by atoms with E-state index in [2.05, 4.69) is 20.6 Å². The number of anilines is 1. The van der Waals surface area contributed by atoms with Gasteiger partial charge in [0.25, 0.3) is 0 Å². The minimum Gasteiger partial charge on any atom is -0.493 e. The number of benzene rings is 1. The van der Waals surface area contributed by atoms with Crippen LogP contribution in [0.4, 0.5) is 5.95 Å². The van der Waals surface area contributed by atoms with Crippen molar-refractivity contribution in [1.82, 2.24) is 15.3 Å². The standard InChI is InChI=1S/C22H28N4O4/c1-29-18-7-6-14(11-19(18)30-17-4-2-3-5-17)16-10-15(21(28)25-13-16)12-20(27)26-22-23-8-9-24-22/h6-9,11,15-17H,2-5,10,12-13H2,1H3,(H,25,28)(H2,23,24,26,27)/t15-,16+/m0/s1. The summed E-state index contributed by atoms with van der Waals surface area (Å²) in [5.74, 6) is 1.27. The van der Waals surface area contributed by atoms with E-state index in [4.69, 9.17) is 9.47 Å². The number of amides is 2. The van der Waals surface area contributed by atoms with Crippen LogP contribution in [-0.2, 0) is 9.59 Å². The van der Waals surface area contributed by atoms with E-state index in [1.807, 2.05) is 18.2 Å². The van der Waals surface area contributed by atoms with Crippen LogP contribution in [0.1, 0.15) is 50.0 Å².